The molecule has 8 aromatic rings. The zero-order chi connectivity index (χ0) is 74.5. The first kappa shape index (κ1) is 77.9. The van der Waals surface area contributed by atoms with Crippen LogP contribution in [0.2, 0.25) is 0 Å². The highest BCUT2D eigenvalue weighted by Gasteiger charge is 2.23. The molecule has 0 aliphatic heterocycles. The van der Waals surface area contributed by atoms with Crippen molar-refractivity contribution in [3.05, 3.63) is 239 Å². The highest BCUT2D eigenvalue weighted by Crippen LogP contribution is 2.22. The Bertz CT molecular complexity index is 4370. The molecule has 0 radical (unpaired) electrons. The van der Waals surface area contributed by atoms with Crippen LogP contribution in [0.5, 0.6) is 0 Å². The van der Waals surface area contributed by atoms with Crippen molar-refractivity contribution in [1.82, 2.24) is 18.9 Å². The smallest absolute Gasteiger partial charge is 0.336 e. The van der Waals surface area contributed by atoms with Crippen molar-refractivity contribution in [2.75, 3.05) is 21.3 Å². The predicted octanol–water partition coefficient (Wildman–Crippen LogP) is 5.85. The predicted molar refractivity (Wildman–Crippen MR) is 355 cm³/mol. The summed E-state index contributed by atoms with van der Waals surface area (Å²) < 4.78 is 102. The minimum Gasteiger partial charge on any atom is -0.478 e. The number of aromatic carboxylic acids is 4. The Balaban J connectivity index is 0.000000240. The van der Waals surface area contributed by atoms with Crippen molar-refractivity contribution < 1.29 is 112 Å². The van der Waals surface area contributed by atoms with Crippen molar-refractivity contribution in [2.24, 2.45) is 0 Å². The molecule has 32 nitrogen and oxygen atoms in total. The fourth-order valence-corrected chi connectivity index (χ4v) is 12.1. The van der Waals surface area contributed by atoms with Crippen molar-refractivity contribution in [3.63, 3.8) is 0 Å². The lowest BCUT2D eigenvalue weighted by atomic mass is 10.1. The van der Waals surface area contributed by atoms with Gasteiger partial charge in [-0.15, -0.1) is 0 Å². The zero-order valence-electron chi connectivity index (χ0n) is 52.1. The molecule has 0 fully saturated rings. The highest BCUT2D eigenvalue weighted by molar-refractivity contribution is 7.91. The number of carbonyl (C=O) groups is 12. The summed E-state index contributed by atoms with van der Waals surface area (Å²) in [4.78, 5) is 136. The number of sulfonamides is 4. The fourth-order valence-electron chi connectivity index (χ4n) is 8.13. The van der Waals surface area contributed by atoms with Crippen molar-refractivity contribution in [1.29, 1.82) is 0 Å². The number of amides is 8. The van der Waals surface area contributed by atoms with Crippen LogP contribution in [0.3, 0.4) is 0 Å². The van der Waals surface area contributed by atoms with Crippen molar-refractivity contribution in [3.8, 4) is 0 Å². The van der Waals surface area contributed by atoms with E-state index in [1.165, 1.54) is 194 Å². The van der Waals surface area contributed by atoms with Crippen LogP contribution >= 0.6 is 0 Å². The maximum Gasteiger partial charge on any atom is 0.336 e. The Morgan fingerprint density at radius 1 is 0.230 bits per heavy atom. The van der Waals surface area contributed by atoms with Gasteiger partial charge in [0.25, 0.3) is 63.7 Å². The van der Waals surface area contributed by atoms with Crippen molar-refractivity contribution >= 4 is 134 Å². The lowest BCUT2D eigenvalue weighted by Crippen LogP contribution is -2.28. The van der Waals surface area contributed by atoms with Gasteiger partial charge >= 0.3 is 23.9 Å². The first-order chi connectivity index (χ1) is 46.8. The quantitative estimate of drug-likeness (QED) is 0.0426. The summed E-state index contributed by atoms with van der Waals surface area (Å²) in [6.45, 7) is 4.30. The number of nitrogens with one attached hydrogen (secondary N) is 8. The summed E-state index contributed by atoms with van der Waals surface area (Å²) in [6.07, 6.45) is 0. The minimum absolute atomic E-state index is 0.0232. The molecule has 0 heterocycles. The van der Waals surface area contributed by atoms with Crippen LogP contribution in [-0.2, 0) is 59.3 Å². The molecule has 12 N–H and O–H groups in total. The Kier molecular flexibility index (Phi) is 26.7. The molecule has 0 saturated carbocycles. The number of hydrogen-bond donors (Lipinski definition) is 12. The largest absolute Gasteiger partial charge is 0.478 e. The van der Waals surface area contributed by atoms with E-state index in [0.29, 0.717) is 0 Å². The van der Waals surface area contributed by atoms with Crippen LogP contribution in [-0.4, -0.2) is 125 Å². The van der Waals surface area contributed by atoms with Crippen molar-refractivity contribution in [2.45, 2.75) is 47.3 Å². The molecule has 36 heteroatoms. The third-order valence-electron chi connectivity index (χ3n) is 12.4. The van der Waals surface area contributed by atoms with Crippen LogP contribution in [0.1, 0.15) is 111 Å². The van der Waals surface area contributed by atoms with Gasteiger partial charge in [0, 0.05) is 50.4 Å². The highest BCUT2D eigenvalue weighted by atomic mass is 32.2. The average Bonchev–Trinajstić information content (AvgIpc) is 0.840. The van der Waals surface area contributed by atoms with Gasteiger partial charge in [-0.2, -0.15) is 0 Å². The number of carboxylic acids is 4. The van der Waals surface area contributed by atoms with Crippen LogP contribution < -0.4 is 40.2 Å². The van der Waals surface area contributed by atoms with Gasteiger partial charge in [-0.1, -0.05) is 48.5 Å². The standard InChI is InChI=1S/4C16H14N2O6S/c4*1-10(19)18-25(23,24)12-8-6-11(7-9-12)17-15(20)13-4-2-3-5-14(13)16(21)22/h4*2-9H,1H3,(H,17,20)(H,18,19)(H,21,22). The summed E-state index contributed by atoms with van der Waals surface area (Å²) in [6, 6.07) is 43.2. The molecule has 0 bridgehead atoms. The van der Waals surface area contributed by atoms with Gasteiger partial charge in [0.15, 0.2) is 0 Å². The molecule has 0 aliphatic carbocycles. The topological polar surface area (TPSA) is 519 Å². The van der Waals surface area contributed by atoms with Gasteiger partial charge < -0.3 is 41.7 Å². The molecule has 0 unspecified atom stereocenters. The molecule has 0 saturated heterocycles. The van der Waals surface area contributed by atoms with Gasteiger partial charge in [-0.25, -0.2) is 71.7 Å². The van der Waals surface area contributed by atoms with E-state index in [4.69, 9.17) is 20.4 Å². The summed E-state index contributed by atoms with van der Waals surface area (Å²) in [5.74, 6) is -10.4. The van der Waals surface area contributed by atoms with E-state index < -0.39 is 111 Å². The maximum atomic E-state index is 12.2. The lowest BCUT2D eigenvalue weighted by Gasteiger charge is -2.09. The van der Waals surface area contributed by atoms with Gasteiger partial charge in [0.1, 0.15) is 0 Å². The SMILES string of the molecule is CC(=O)NS(=O)(=O)c1ccc(NC(=O)c2ccccc2C(=O)O)cc1.CC(=O)NS(=O)(=O)c1ccc(NC(=O)c2ccccc2C(=O)O)cc1.CC(=O)NS(=O)(=O)c1ccc(NC(=O)c2ccccc2C(=O)O)cc1.CC(=O)NS(=O)(=O)c1ccc(NC(=O)c2ccccc2C(=O)O)cc1. The molecule has 100 heavy (non-hydrogen) atoms. The molecule has 8 aromatic carbocycles. The molecule has 0 aliphatic rings. The van der Waals surface area contributed by atoms with Crippen LogP contribution in [0.4, 0.5) is 22.7 Å². The first-order valence-electron chi connectivity index (χ1n) is 27.9. The van der Waals surface area contributed by atoms with Crippen LogP contribution in [0, 0.1) is 0 Å². The lowest BCUT2D eigenvalue weighted by molar-refractivity contribution is -0.118. The summed E-state index contributed by atoms with van der Waals surface area (Å²) in [7, 11) is -15.9. The molecule has 0 aromatic heterocycles. The number of anilines is 4. The molecule has 0 atom stereocenters. The Morgan fingerprint density at radius 3 is 0.500 bits per heavy atom. The molecule has 8 amide bonds. The number of carbonyl (C=O) groups excluding carboxylic acids is 8. The maximum absolute atomic E-state index is 12.2. The van der Waals surface area contributed by atoms with Gasteiger partial charge in [-0.05, 0) is 146 Å². The third-order valence-corrected chi connectivity index (χ3v) is 18.2. The summed E-state index contributed by atoms with van der Waals surface area (Å²) in [5, 5.41) is 46.3. The summed E-state index contributed by atoms with van der Waals surface area (Å²) >= 11 is 0. The second-order valence-corrected chi connectivity index (χ2v) is 26.7. The van der Waals surface area contributed by atoms with E-state index in [2.05, 4.69) is 21.3 Å². The number of hydrogen-bond acceptors (Lipinski definition) is 20. The monoisotopic (exact) mass is 1450 g/mol. The minimum atomic E-state index is -3.96. The normalized spacial score (nSPS) is 10.8. The van der Waals surface area contributed by atoms with Gasteiger partial charge in [0.2, 0.25) is 23.6 Å². The first-order valence-corrected chi connectivity index (χ1v) is 33.8. The van der Waals surface area contributed by atoms with Crippen LogP contribution in [0.15, 0.2) is 214 Å². The third kappa shape index (κ3) is 22.7. The van der Waals surface area contributed by atoms with Crippen LogP contribution in [0.25, 0.3) is 0 Å². The van der Waals surface area contributed by atoms with E-state index in [1.54, 1.807) is 0 Å². The fraction of sp³-hybridized carbons (Fsp3) is 0.0625. The summed E-state index contributed by atoms with van der Waals surface area (Å²) in [5.41, 5.74) is 0.395. The van der Waals surface area contributed by atoms with E-state index in [1.807, 2.05) is 18.9 Å². The van der Waals surface area contributed by atoms with E-state index >= 15 is 0 Å². The number of benzene rings is 8. The number of carboxylic acid groups (broad SMARTS) is 4. The second kappa shape index (κ2) is 34.2. The Morgan fingerprint density at radius 2 is 0.370 bits per heavy atom. The average molecular weight is 1450 g/mol. The van der Waals surface area contributed by atoms with E-state index in [9.17, 15) is 91.2 Å². The Labute approximate surface area is 568 Å². The molecule has 520 valence electrons. The zero-order valence-corrected chi connectivity index (χ0v) is 55.3. The van der Waals surface area contributed by atoms with E-state index in [-0.39, 0.29) is 86.8 Å². The van der Waals surface area contributed by atoms with E-state index in [0.717, 1.165) is 27.7 Å². The Hall–Kier alpha value is -12.8. The molecule has 8 rings (SSSR count). The second-order valence-electron chi connectivity index (χ2n) is 20.0. The molecular formula is C64H56N8O24S4. The van der Waals surface area contributed by atoms with Gasteiger partial charge in [0.05, 0.1) is 64.1 Å². The number of rotatable bonds is 20. The molecule has 0 spiro atoms. The van der Waals surface area contributed by atoms with Gasteiger partial charge in [-0.3, -0.25) is 38.4 Å². The molecular weight excluding hydrogens is 1390 g/mol.